The zero-order valence-electron chi connectivity index (χ0n) is 18.0. The van der Waals surface area contributed by atoms with Crippen molar-refractivity contribution in [2.45, 2.75) is 22.9 Å². The van der Waals surface area contributed by atoms with Gasteiger partial charge < -0.3 is 9.64 Å². The van der Waals surface area contributed by atoms with Crippen LogP contribution in [0.25, 0.3) is 11.1 Å². The smallest absolute Gasteiger partial charge is 0.419 e. The number of ether oxygens (including phenoxy) is 1. The molecule has 2 heterocycles. The second kappa shape index (κ2) is 9.99. The van der Waals surface area contributed by atoms with Crippen molar-refractivity contribution < 1.29 is 26.3 Å². The molecule has 0 spiro atoms. The average molecular weight is 586 g/mol. The first-order chi connectivity index (χ1) is 16.3. The predicted octanol–water partition coefficient (Wildman–Crippen LogP) is 7.28. The van der Waals surface area contributed by atoms with E-state index in [1.165, 1.54) is 12.1 Å². The number of nitrogens with one attached hydrogen (secondary N) is 1. The minimum atomic E-state index is -4.66. The number of hydrogen-bond acceptors (Lipinski definition) is 5. The van der Waals surface area contributed by atoms with Gasteiger partial charge in [-0.05, 0) is 55.4 Å². The SMILES string of the molecule is CN1CCC(Oc2cc(NS(=O)(=O)c3cc(-c4cc(Cl)cc(Cl)c4)c(Cl)s3)ccc2C(F)(F)F)C1. The number of likely N-dealkylation sites (N-methyl/N-ethyl adjacent to an activating group) is 1. The molecular weight excluding hydrogens is 568 g/mol. The van der Waals surface area contributed by atoms with E-state index >= 15 is 0 Å². The maximum atomic E-state index is 13.5. The topological polar surface area (TPSA) is 58.6 Å². The van der Waals surface area contributed by atoms with Crippen LogP contribution in [0.1, 0.15) is 12.0 Å². The van der Waals surface area contributed by atoms with E-state index < -0.39 is 33.6 Å². The third kappa shape index (κ3) is 6.18. The number of benzene rings is 2. The van der Waals surface area contributed by atoms with Gasteiger partial charge in [-0.15, -0.1) is 11.3 Å². The fraction of sp³-hybridized carbons (Fsp3) is 0.273. The van der Waals surface area contributed by atoms with Gasteiger partial charge in [0.1, 0.15) is 20.4 Å². The van der Waals surface area contributed by atoms with Gasteiger partial charge in [0.15, 0.2) is 0 Å². The number of anilines is 1. The molecule has 0 amide bonds. The third-order valence-corrected chi connectivity index (χ3v) is 8.93. The minimum Gasteiger partial charge on any atom is -0.488 e. The number of nitrogens with zero attached hydrogens (tertiary/aromatic N) is 1. The zero-order valence-corrected chi connectivity index (χ0v) is 21.9. The number of rotatable bonds is 6. The van der Waals surface area contributed by atoms with Gasteiger partial charge in [0, 0.05) is 34.8 Å². The highest BCUT2D eigenvalue weighted by Crippen LogP contribution is 2.41. The normalized spacial score (nSPS) is 17.1. The number of thiophene rings is 1. The number of sulfonamides is 1. The van der Waals surface area contributed by atoms with Crippen LogP contribution >= 0.6 is 46.1 Å². The largest absolute Gasteiger partial charge is 0.488 e. The molecule has 1 aromatic heterocycles. The standard InChI is InChI=1S/C22H18Cl3F3N2O3S2/c1-30-5-4-16(11-30)33-19-9-15(2-3-18(19)22(26,27)28)29-35(31,32)20-10-17(21(25)34-20)12-6-13(23)8-14(24)7-12/h2-3,6-10,16,29H,4-5,11H2,1H3. The second-order valence-corrected chi connectivity index (χ2v) is 12.5. The Bertz CT molecular complexity index is 1340. The summed E-state index contributed by atoms with van der Waals surface area (Å²) in [5.74, 6) is -0.434. The molecule has 1 atom stereocenters. The molecule has 0 aliphatic carbocycles. The number of likely N-dealkylation sites (tertiary alicyclic amines) is 1. The van der Waals surface area contributed by atoms with Crippen LogP contribution in [0.15, 0.2) is 46.7 Å². The summed E-state index contributed by atoms with van der Waals surface area (Å²) < 4.78 is 74.7. The molecule has 1 N–H and O–H groups in total. The van der Waals surface area contributed by atoms with Crippen molar-refractivity contribution in [1.82, 2.24) is 4.90 Å². The van der Waals surface area contributed by atoms with Crippen molar-refractivity contribution in [3.8, 4) is 16.9 Å². The fourth-order valence-corrected chi connectivity index (χ4v) is 7.02. The minimum absolute atomic E-state index is 0.0729. The van der Waals surface area contributed by atoms with Crippen LogP contribution < -0.4 is 9.46 Å². The van der Waals surface area contributed by atoms with E-state index in [0.717, 1.165) is 29.5 Å². The van der Waals surface area contributed by atoms with E-state index in [-0.39, 0.29) is 14.2 Å². The first-order valence-corrected chi connectivity index (χ1v) is 13.6. The number of hydrogen-bond donors (Lipinski definition) is 1. The monoisotopic (exact) mass is 584 g/mol. The van der Waals surface area contributed by atoms with Gasteiger partial charge in [-0.25, -0.2) is 8.42 Å². The van der Waals surface area contributed by atoms with E-state index in [2.05, 4.69) is 4.72 Å². The summed E-state index contributed by atoms with van der Waals surface area (Å²) >= 11 is 19.2. The Morgan fingerprint density at radius 3 is 2.37 bits per heavy atom. The molecule has 3 aromatic rings. The van der Waals surface area contributed by atoms with Crippen molar-refractivity contribution in [2.75, 3.05) is 24.9 Å². The first kappa shape index (κ1) is 26.4. The van der Waals surface area contributed by atoms with Crippen molar-refractivity contribution in [3.05, 3.63) is 62.4 Å². The van der Waals surface area contributed by atoms with Crippen molar-refractivity contribution >= 4 is 61.9 Å². The highest BCUT2D eigenvalue weighted by atomic mass is 35.5. The Kier molecular flexibility index (Phi) is 7.53. The molecule has 5 nitrogen and oxygen atoms in total. The van der Waals surface area contributed by atoms with Crippen molar-refractivity contribution in [2.24, 2.45) is 0 Å². The van der Waals surface area contributed by atoms with Crippen LogP contribution in [0.4, 0.5) is 18.9 Å². The van der Waals surface area contributed by atoms with Crippen molar-refractivity contribution in [1.29, 1.82) is 0 Å². The van der Waals surface area contributed by atoms with E-state index in [9.17, 15) is 21.6 Å². The molecule has 0 bridgehead atoms. The summed E-state index contributed by atoms with van der Waals surface area (Å²) in [4.78, 5) is 1.94. The molecule has 1 aliphatic rings. The second-order valence-electron chi connectivity index (χ2n) is 8.02. The Hall–Kier alpha value is -1.69. The van der Waals surface area contributed by atoms with Gasteiger partial charge in [-0.1, -0.05) is 34.8 Å². The fourth-order valence-electron chi connectivity index (χ4n) is 3.68. The summed E-state index contributed by atoms with van der Waals surface area (Å²) in [5.41, 5.74) is -0.120. The predicted molar refractivity (Wildman–Crippen MR) is 134 cm³/mol. The lowest BCUT2D eigenvalue weighted by Gasteiger charge is -2.19. The lowest BCUT2D eigenvalue weighted by molar-refractivity contribution is -0.139. The summed E-state index contributed by atoms with van der Waals surface area (Å²) in [6.07, 6.45) is -4.53. The molecular formula is C22H18Cl3F3N2O3S2. The van der Waals surface area contributed by atoms with Crippen LogP contribution in [0, 0.1) is 0 Å². The summed E-state index contributed by atoms with van der Waals surface area (Å²) in [6, 6.07) is 8.95. The molecule has 1 aliphatic heterocycles. The maximum Gasteiger partial charge on any atom is 0.419 e. The molecule has 0 radical (unpaired) electrons. The Morgan fingerprint density at radius 1 is 1.09 bits per heavy atom. The van der Waals surface area contributed by atoms with Crippen LogP contribution in [-0.4, -0.2) is 39.6 Å². The Balaban J connectivity index is 1.63. The number of halogens is 6. The van der Waals surface area contributed by atoms with E-state index in [1.807, 2.05) is 11.9 Å². The van der Waals surface area contributed by atoms with Crippen LogP contribution in [0.3, 0.4) is 0 Å². The summed E-state index contributed by atoms with van der Waals surface area (Å²) in [5, 5.41) is 0.700. The van der Waals surface area contributed by atoms with Gasteiger partial charge in [0.25, 0.3) is 10.0 Å². The lowest BCUT2D eigenvalue weighted by atomic mass is 10.1. The van der Waals surface area contributed by atoms with E-state index in [0.29, 0.717) is 40.7 Å². The Labute approximate surface area is 219 Å². The molecule has 1 fully saturated rings. The third-order valence-electron chi connectivity index (χ3n) is 5.28. The average Bonchev–Trinajstić information content (AvgIpc) is 3.32. The Morgan fingerprint density at radius 2 is 1.77 bits per heavy atom. The number of alkyl halides is 3. The molecule has 1 unspecified atom stereocenters. The molecule has 2 aromatic carbocycles. The van der Waals surface area contributed by atoms with E-state index in [1.54, 1.807) is 12.1 Å². The molecule has 188 valence electrons. The molecule has 1 saturated heterocycles. The van der Waals surface area contributed by atoms with Crippen LogP contribution in [-0.2, 0) is 16.2 Å². The first-order valence-electron chi connectivity index (χ1n) is 10.2. The summed E-state index contributed by atoms with van der Waals surface area (Å²) in [6.45, 7) is 1.16. The molecule has 35 heavy (non-hydrogen) atoms. The summed E-state index contributed by atoms with van der Waals surface area (Å²) in [7, 11) is -2.33. The van der Waals surface area contributed by atoms with Crippen LogP contribution in [0.2, 0.25) is 14.4 Å². The highest BCUT2D eigenvalue weighted by molar-refractivity contribution is 7.94. The maximum absolute atomic E-state index is 13.5. The van der Waals surface area contributed by atoms with Gasteiger partial charge in [-0.2, -0.15) is 13.2 Å². The molecule has 0 saturated carbocycles. The lowest BCUT2D eigenvalue weighted by Crippen LogP contribution is -2.23. The zero-order chi connectivity index (χ0) is 25.5. The highest BCUT2D eigenvalue weighted by Gasteiger charge is 2.36. The van der Waals surface area contributed by atoms with Crippen molar-refractivity contribution in [3.63, 3.8) is 0 Å². The van der Waals surface area contributed by atoms with E-state index in [4.69, 9.17) is 39.5 Å². The molecule has 4 rings (SSSR count). The van der Waals surface area contributed by atoms with Gasteiger partial charge in [0.05, 0.1) is 11.3 Å². The van der Waals surface area contributed by atoms with Gasteiger partial charge in [0.2, 0.25) is 0 Å². The molecule has 13 heteroatoms. The van der Waals surface area contributed by atoms with Gasteiger partial charge >= 0.3 is 6.18 Å². The van der Waals surface area contributed by atoms with Gasteiger partial charge in [-0.3, -0.25) is 4.72 Å². The van der Waals surface area contributed by atoms with Crippen LogP contribution in [0.5, 0.6) is 5.75 Å². The quantitative estimate of drug-likeness (QED) is 0.330.